The van der Waals surface area contributed by atoms with Gasteiger partial charge in [-0.3, -0.25) is 4.79 Å². The lowest BCUT2D eigenvalue weighted by atomic mass is 10.1. The van der Waals surface area contributed by atoms with Gasteiger partial charge in [-0.1, -0.05) is 0 Å². The standard InChI is InChI=1S/C8H4F5NO3/c9-5(10)3-1-2(7(16)17)4(6(15)14-3)8(11,12)13/h1,5H,(H,14,15)(H,16,17). The van der Waals surface area contributed by atoms with Crippen LogP contribution in [-0.2, 0) is 6.18 Å². The van der Waals surface area contributed by atoms with E-state index in [1.807, 2.05) is 0 Å². The van der Waals surface area contributed by atoms with Crippen LogP contribution in [0.25, 0.3) is 0 Å². The molecule has 4 nitrogen and oxygen atoms in total. The average molecular weight is 257 g/mol. The van der Waals surface area contributed by atoms with Crippen molar-refractivity contribution in [3.8, 4) is 0 Å². The summed E-state index contributed by atoms with van der Waals surface area (Å²) in [6, 6.07) is 0.0945. The second-order valence-electron chi connectivity index (χ2n) is 2.95. The van der Waals surface area contributed by atoms with Crippen molar-refractivity contribution < 1.29 is 31.9 Å². The van der Waals surface area contributed by atoms with Crippen LogP contribution in [0.2, 0.25) is 0 Å². The van der Waals surface area contributed by atoms with Crippen LogP contribution in [-0.4, -0.2) is 16.1 Å². The van der Waals surface area contributed by atoms with Gasteiger partial charge in [-0.05, 0) is 6.07 Å². The van der Waals surface area contributed by atoms with Crippen molar-refractivity contribution in [1.29, 1.82) is 0 Å². The van der Waals surface area contributed by atoms with Crippen molar-refractivity contribution in [3.63, 3.8) is 0 Å². The number of carboxylic acids is 1. The lowest BCUT2D eigenvalue weighted by Gasteiger charge is -2.10. The number of hydrogen-bond acceptors (Lipinski definition) is 2. The Hall–Kier alpha value is -1.93. The van der Waals surface area contributed by atoms with Crippen molar-refractivity contribution >= 4 is 5.97 Å². The monoisotopic (exact) mass is 257 g/mol. The maximum atomic E-state index is 12.3. The number of rotatable bonds is 2. The number of nitrogens with one attached hydrogen (secondary N) is 1. The molecular weight excluding hydrogens is 253 g/mol. The first kappa shape index (κ1) is 13.1. The second kappa shape index (κ2) is 4.15. The summed E-state index contributed by atoms with van der Waals surface area (Å²) in [5.74, 6) is -2.11. The number of alkyl halides is 5. The minimum atomic E-state index is -5.23. The molecule has 0 amide bonds. The maximum Gasteiger partial charge on any atom is 0.422 e. The summed E-state index contributed by atoms with van der Waals surface area (Å²) in [5.41, 5.74) is -6.60. The van der Waals surface area contributed by atoms with Crippen LogP contribution in [0, 0.1) is 0 Å². The van der Waals surface area contributed by atoms with Crippen molar-refractivity contribution in [2.45, 2.75) is 12.6 Å². The van der Waals surface area contributed by atoms with Gasteiger partial charge >= 0.3 is 12.1 Å². The summed E-state index contributed by atoms with van der Waals surface area (Å²) in [7, 11) is 0. The fourth-order valence-corrected chi connectivity index (χ4v) is 1.15. The molecule has 0 fully saturated rings. The number of aromatic carboxylic acids is 1. The molecule has 1 aromatic heterocycles. The summed E-state index contributed by atoms with van der Waals surface area (Å²) in [6.45, 7) is 0. The van der Waals surface area contributed by atoms with Gasteiger partial charge in [0.15, 0.2) is 0 Å². The molecule has 0 saturated heterocycles. The van der Waals surface area contributed by atoms with Crippen molar-refractivity contribution in [2.24, 2.45) is 0 Å². The molecule has 1 heterocycles. The summed E-state index contributed by atoms with van der Waals surface area (Å²) < 4.78 is 61.3. The smallest absolute Gasteiger partial charge is 0.422 e. The van der Waals surface area contributed by atoms with Crippen LogP contribution in [0.5, 0.6) is 0 Å². The first-order chi connectivity index (χ1) is 7.64. The van der Waals surface area contributed by atoms with Crippen LogP contribution in [0.1, 0.15) is 28.0 Å². The van der Waals surface area contributed by atoms with E-state index in [-0.39, 0.29) is 6.07 Å². The van der Waals surface area contributed by atoms with Crippen molar-refractivity contribution in [3.05, 3.63) is 33.2 Å². The number of hydrogen-bond donors (Lipinski definition) is 2. The number of halogens is 5. The molecule has 0 spiro atoms. The number of carboxylic acid groups (broad SMARTS) is 1. The van der Waals surface area contributed by atoms with Crippen LogP contribution >= 0.6 is 0 Å². The lowest BCUT2D eigenvalue weighted by Crippen LogP contribution is -2.27. The Morgan fingerprint density at radius 1 is 1.35 bits per heavy atom. The Labute approximate surface area is 89.7 Å². The molecule has 0 bridgehead atoms. The largest absolute Gasteiger partial charge is 0.478 e. The predicted octanol–water partition coefficient (Wildman–Crippen LogP) is 2.03. The third-order valence-corrected chi connectivity index (χ3v) is 1.80. The number of pyridine rings is 1. The van der Waals surface area contributed by atoms with Gasteiger partial charge < -0.3 is 10.1 Å². The van der Waals surface area contributed by atoms with E-state index in [9.17, 15) is 31.5 Å². The molecule has 0 saturated carbocycles. The highest BCUT2D eigenvalue weighted by Gasteiger charge is 2.39. The third kappa shape index (κ3) is 2.60. The Morgan fingerprint density at radius 3 is 2.24 bits per heavy atom. The molecule has 0 aliphatic rings. The van der Waals surface area contributed by atoms with Crippen LogP contribution in [0.4, 0.5) is 22.0 Å². The molecule has 17 heavy (non-hydrogen) atoms. The molecule has 2 N–H and O–H groups in total. The predicted molar refractivity (Wildman–Crippen MR) is 44.0 cm³/mol. The van der Waals surface area contributed by atoms with E-state index >= 15 is 0 Å². The molecule has 0 atom stereocenters. The number of carbonyl (C=O) groups is 1. The van der Waals surface area contributed by atoms with Gasteiger partial charge in [-0.2, -0.15) is 13.2 Å². The van der Waals surface area contributed by atoms with E-state index in [0.29, 0.717) is 0 Å². The van der Waals surface area contributed by atoms with E-state index in [1.54, 1.807) is 0 Å². The van der Waals surface area contributed by atoms with Gasteiger partial charge in [0.25, 0.3) is 12.0 Å². The highest BCUT2D eigenvalue weighted by molar-refractivity contribution is 5.89. The molecular formula is C8H4F5NO3. The van der Waals surface area contributed by atoms with Gasteiger partial charge in [0.1, 0.15) is 5.56 Å². The maximum absolute atomic E-state index is 12.3. The minimum absolute atomic E-state index is 0.0945. The molecule has 0 unspecified atom stereocenters. The van der Waals surface area contributed by atoms with Gasteiger partial charge in [0, 0.05) is 0 Å². The van der Waals surface area contributed by atoms with Gasteiger partial charge in [0.05, 0.1) is 11.3 Å². The SMILES string of the molecule is O=C(O)c1cc(C(F)F)[nH]c(=O)c1C(F)(F)F. The van der Waals surface area contributed by atoms with E-state index in [4.69, 9.17) is 5.11 Å². The molecule has 0 aliphatic carbocycles. The fourth-order valence-electron chi connectivity index (χ4n) is 1.15. The Bertz CT molecular complexity index is 505. The van der Waals surface area contributed by atoms with Crippen LogP contribution < -0.4 is 5.56 Å². The first-order valence-corrected chi connectivity index (χ1v) is 4.00. The molecule has 9 heteroatoms. The number of aromatic amines is 1. The third-order valence-electron chi connectivity index (χ3n) is 1.80. The zero-order valence-corrected chi connectivity index (χ0v) is 7.81. The highest BCUT2D eigenvalue weighted by atomic mass is 19.4. The van der Waals surface area contributed by atoms with Crippen LogP contribution in [0.3, 0.4) is 0 Å². The molecule has 0 aromatic carbocycles. The Morgan fingerprint density at radius 2 is 1.88 bits per heavy atom. The van der Waals surface area contributed by atoms with Gasteiger partial charge in [0.2, 0.25) is 0 Å². The van der Waals surface area contributed by atoms with E-state index in [2.05, 4.69) is 0 Å². The van der Waals surface area contributed by atoms with Gasteiger partial charge in [-0.25, -0.2) is 13.6 Å². The lowest BCUT2D eigenvalue weighted by molar-refractivity contribution is -0.139. The highest BCUT2D eigenvalue weighted by Crippen LogP contribution is 2.30. The van der Waals surface area contributed by atoms with E-state index in [1.165, 1.54) is 4.98 Å². The minimum Gasteiger partial charge on any atom is -0.478 e. The van der Waals surface area contributed by atoms with Crippen molar-refractivity contribution in [2.75, 3.05) is 0 Å². The zero-order valence-electron chi connectivity index (χ0n) is 7.81. The molecule has 1 aromatic rings. The molecule has 94 valence electrons. The van der Waals surface area contributed by atoms with E-state index in [0.717, 1.165) is 0 Å². The zero-order chi connectivity index (χ0) is 13.4. The normalized spacial score (nSPS) is 11.9. The van der Waals surface area contributed by atoms with E-state index < -0.39 is 41.0 Å². The summed E-state index contributed by atoms with van der Waals surface area (Å²) in [5, 5.41) is 8.46. The molecule has 1 rings (SSSR count). The number of H-pyrrole nitrogens is 1. The van der Waals surface area contributed by atoms with Crippen LogP contribution in [0.15, 0.2) is 10.9 Å². The summed E-state index contributed by atoms with van der Waals surface area (Å²) in [4.78, 5) is 22.7. The van der Waals surface area contributed by atoms with Crippen molar-refractivity contribution in [1.82, 2.24) is 4.98 Å². The summed E-state index contributed by atoms with van der Waals surface area (Å²) in [6.07, 6.45) is -8.51. The topological polar surface area (TPSA) is 70.2 Å². The summed E-state index contributed by atoms with van der Waals surface area (Å²) >= 11 is 0. The molecule has 0 radical (unpaired) electrons. The first-order valence-electron chi connectivity index (χ1n) is 4.00. The Kier molecular flexibility index (Phi) is 3.21. The Balaban J connectivity index is 3.62. The number of aromatic nitrogens is 1. The quantitative estimate of drug-likeness (QED) is 0.796. The average Bonchev–Trinajstić information content (AvgIpc) is 2.13. The van der Waals surface area contributed by atoms with Gasteiger partial charge in [-0.15, -0.1) is 0 Å². The fraction of sp³-hybridized carbons (Fsp3) is 0.250. The second-order valence-corrected chi connectivity index (χ2v) is 2.95. The molecule has 0 aliphatic heterocycles.